The molecule has 0 spiro atoms. The van der Waals surface area contributed by atoms with Crippen LogP contribution in [0, 0.1) is 0 Å². The molecule has 0 saturated carbocycles. The van der Waals surface area contributed by atoms with Crippen molar-refractivity contribution in [1.82, 2.24) is 15.0 Å². The minimum atomic E-state index is -0.312. The van der Waals surface area contributed by atoms with E-state index in [1.165, 1.54) is 0 Å². The third-order valence-corrected chi connectivity index (χ3v) is 2.13. The van der Waals surface area contributed by atoms with E-state index in [0.29, 0.717) is 19.1 Å². The Hall–Kier alpha value is -1.63. The lowest BCUT2D eigenvalue weighted by atomic mass is 10.1. The van der Waals surface area contributed by atoms with E-state index in [1.807, 2.05) is 20.8 Å². The molecule has 0 saturated heterocycles. The molecule has 0 aliphatic rings. The summed E-state index contributed by atoms with van der Waals surface area (Å²) in [6.07, 6.45) is 0. The second kappa shape index (κ2) is 5.62. The monoisotopic (exact) mass is 241 g/mol. The number of hydrogen-bond acceptors (Lipinski definition) is 7. The highest BCUT2D eigenvalue weighted by Crippen LogP contribution is 2.12. The molecule has 0 unspecified atom stereocenters. The largest absolute Gasteiger partial charge is 0.464 e. The van der Waals surface area contributed by atoms with Crippen LogP contribution in [0.25, 0.3) is 0 Å². The summed E-state index contributed by atoms with van der Waals surface area (Å²) in [6.45, 7) is 6.79. The molecule has 1 aromatic heterocycles. The predicted molar refractivity (Wildman–Crippen MR) is 65.0 cm³/mol. The Morgan fingerprint density at radius 3 is 2.59 bits per heavy atom. The van der Waals surface area contributed by atoms with Crippen LogP contribution in [0.2, 0.25) is 0 Å². The van der Waals surface area contributed by atoms with E-state index >= 15 is 0 Å². The summed E-state index contributed by atoms with van der Waals surface area (Å²) in [5.74, 6) is 0.507. The van der Waals surface area contributed by atoms with Gasteiger partial charge in [-0.2, -0.15) is 15.0 Å². The Labute approximate surface area is 101 Å². The molecule has 0 aromatic carbocycles. The Balaban J connectivity index is 2.70. The van der Waals surface area contributed by atoms with Crippen LogP contribution in [0.5, 0.6) is 6.01 Å². The molecule has 1 heterocycles. The molecular formula is C10H19N5O2. The van der Waals surface area contributed by atoms with Crippen molar-refractivity contribution < 1.29 is 9.47 Å². The van der Waals surface area contributed by atoms with Crippen LogP contribution in [0.1, 0.15) is 20.8 Å². The van der Waals surface area contributed by atoms with Crippen molar-refractivity contribution in [3.63, 3.8) is 0 Å². The average Bonchev–Trinajstić information content (AvgIpc) is 2.26. The fourth-order valence-electron chi connectivity index (χ4n) is 1.01. The van der Waals surface area contributed by atoms with E-state index in [4.69, 9.17) is 15.2 Å². The van der Waals surface area contributed by atoms with Gasteiger partial charge in [0.1, 0.15) is 0 Å². The first kappa shape index (κ1) is 13.4. The molecule has 7 heteroatoms. The lowest BCUT2D eigenvalue weighted by Crippen LogP contribution is -2.32. The molecule has 3 N–H and O–H groups in total. The van der Waals surface area contributed by atoms with E-state index < -0.39 is 0 Å². The van der Waals surface area contributed by atoms with Crippen molar-refractivity contribution in [1.29, 1.82) is 0 Å². The van der Waals surface area contributed by atoms with E-state index in [-0.39, 0.29) is 17.6 Å². The topological polar surface area (TPSA) is 95.2 Å². The third kappa shape index (κ3) is 4.39. The van der Waals surface area contributed by atoms with Gasteiger partial charge < -0.3 is 20.5 Å². The molecule has 17 heavy (non-hydrogen) atoms. The maximum absolute atomic E-state index is 5.55. The van der Waals surface area contributed by atoms with Gasteiger partial charge in [0.25, 0.3) is 0 Å². The molecule has 0 aliphatic heterocycles. The van der Waals surface area contributed by atoms with E-state index in [1.54, 1.807) is 7.11 Å². The van der Waals surface area contributed by atoms with Crippen LogP contribution in [0.15, 0.2) is 0 Å². The lowest BCUT2D eigenvalue weighted by molar-refractivity contribution is 0.0342. The minimum absolute atomic E-state index is 0.126. The first-order chi connectivity index (χ1) is 7.96. The molecule has 7 nitrogen and oxygen atoms in total. The number of methoxy groups -OCH3 is 1. The molecule has 0 aliphatic carbocycles. The summed E-state index contributed by atoms with van der Waals surface area (Å²) in [6, 6.07) is 0.220. The Morgan fingerprint density at radius 2 is 2.00 bits per heavy atom. The zero-order valence-corrected chi connectivity index (χ0v) is 10.6. The van der Waals surface area contributed by atoms with Crippen LogP contribution < -0.4 is 15.8 Å². The zero-order chi connectivity index (χ0) is 12.9. The summed E-state index contributed by atoms with van der Waals surface area (Å²) < 4.78 is 10.4. The predicted octanol–water partition coefficient (Wildman–Crippen LogP) is 0.689. The van der Waals surface area contributed by atoms with Crippen molar-refractivity contribution in [3.05, 3.63) is 0 Å². The summed E-state index contributed by atoms with van der Waals surface area (Å²) in [5.41, 5.74) is 5.24. The van der Waals surface area contributed by atoms with Crippen LogP contribution in [0.3, 0.4) is 0 Å². The molecule has 1 aromatic rings. The third-order valence-electron chi connectivity index (χ3n) is 2.13. The Morgan fingerprint density at radius 1 is 1.29 bits per heavy atom. The smallest absolute Gasteiger partial charge is 0.323 e. The van der Waals surface area contributed by atoms with Gasteiger partial charge in [-0.1, -0.05) is 0 Å². The summed E-state index contributed by atoms with van der Waals surface area (Å²) >= 11 is 0. The first-order valence-electron chi connectivity index (χ1n) is 5.40. The number of hydrogen-bond donors (Lipinski definition) is 2. The van der Waals surface area contributed by atoms with Crippen molar-refractivity contribution in [3.8, 4) is 6.01 Å². The highest BCUT2D eigenvalue weighted by molar-refractivity contribution is 5.32. The Kier molecular flexibility index (Phi) is 4.45. The second-order valence-electron chi connectivity index (χ2n) is 4.05. The van der Waals surface area contributed by atoms with Crippen molar-refractivity contribution >= 4 is 11.9 Å². The normalized spacial score (nSPS) is 11.3. The van der Waals surface area contributed by atoms with E-state index in [9.17, 15) is 0 Å². The minimum Gasteiger partial charge on any atom is -0.464 e. The fourth-order valence-corrected chi connectivity index (χ4v) is 1.01. The van der Waals surface area contributed by atoms with Gasteiger partial charge in [-0.05, 0) is 20.8 Å². The van der Waals surface area contributed by atoms with Gasteiger partial charge >= 0.3 is 6.01 Å². The van der Waals surface area contributed by atoms with Gasteiger partial charge in [-0.15, -0.1) is 0 Å². The van der Waals surface area contributed by atoms with Crippen LogP contribution in [-0.4, -0.2) is 40.8 Å². The molecular weight excluding hydrogens is 222 g/mol. The maximum Gasteiger partial charge on any atom is 0.323 e. The first-order valence-corrected chi connectivity index (χ1v) is 5.40. The molecule has 0 atom stereocenters. The van der Waals surface area contributed by atoms with Crippen molar-refractivity contribution in [2.75, 3.05) is 31.3 Å². The molecule has 0 bridgehead atoms. The highest BCUT2D eigenvalue weighted by atomic mass is 16.5. The number of nitrogens with zero attached hydrogens (tertiary/aromatic N) is 3. The van der Waals surface area contributed by atoms with E-state index in [2.05, 4.69) is 20.3 Å². The highest BCUT2D eigenvalue weighted by Gasteiger charge is 2.16. The van der Waals surface area contributed by atoms with Gasteiger partial charge in [-0.3, -0.25) is 0 Å². The SMILES string of the molecule is CCOc1nc(N)nc(NCC(C)(C)OC)n1. The molecule has 1 rings (SSSR count). The summed E-state index contributed by atoms with van der Waals surface area (Å²) in [5, 5.41) is 3.03. The lowest BCUT2D eigenvalue weighted by Gasteiger charge is -2.23. The number of nitrogen functional groups attached to an aromatic ring is 1. The molecule has 0 amide bonds. The summed E-state index contributed by atoms with van der Waals surface area (Å²) in [4.78, 5) is 11.9. The number of anilines is 2. The Bertz CT molecular complexity index is 370. The quantitative estimate of drug-likeness (QED) is 0.756. The number of aromatic nitrogens is 3. The van der Waals surface area contributed by atoms with Crippen LogP contribution >= 0.6 is 0 Å². The second-order valence-corrected chi connectivity index (χ2v) is 4.05. The van der Waals surface area contributed by atoms with Crippen LogP contribution in [0.4, 0.5) is 11.9 Å². The van der Waals surface area contributed by atoms with Gasteiger partial charge in [0.05, 0.1) is 12.2 Å². The van der Waals surface area contributed by atoms with Crippen molar-refractivity contribution in [2.45, 2.75) is 26.4 Å². The van der Waals surface area contributed by atoms with Gasteiger partial charge in [0.2, 0.25) is 11.9 Å². The number of nitrogens with two attached hydrogens (primary N) is 1. The molecule has 96 valence electrons. The standard InChI is InChI=1S/C10H19N5O2/c1-5-17-9-14-7(11)13-8(15-9)12-6-10(2,3)16-4/h5-6H2,1-4H3,(H3,11,12,13,14,15). The van der Waals surface area contributed by atoms with Gasteiger partial charge in [0.15, 0.2) is 0 Å². The number of ether oxygens (including phenoxy) is 2. The van der Waals surface area contributed by atoms with Crippen LogP contribution in [-0.2, 0) is 4.74 Å². The molecule has 0 fully saturated rings. The summed E-state index contributed by atoms with van der Waals surface area (Å²) in [7, 11) is 1.65. The average molecular weight is 241 g/mol. The number of rotatable bonds is 6. The fraction of sp³-hybridized carbons (Fsp3) is 0.700. The zero-order valence-electron chi connectivity index (χ0n) is 10.6. The van der Waals surface area contributed by atoms with E-state index in [0.717, 1.165) is 0 Å². The van der Waals surface area contributed by atoms with Gasteiger partial charge in [-0.25, -0.2) is 0 Å². The number of nitrogens with one attached hydrogen (secondary N) is 1. The van der Waals surface area contributed by atoms with Crippen molar-refractivity contribution in [2.24, 2.45) is 0 Å². The molecule has 0 radical (unpaired) electrons. The maximum atomic E-state index is 5.55. The van der Waals surface area contributed by atoms with Gasteiger partial charge in [0, 0.05) is 13.7 Å².